The minimum atomic E-state index is -0.113. The first-order valence-corrected chi connectivity index (χ1v) is 13.1. The number of aromatic nitrogens is 8. The van der Waals surface area contributed by atoms with Crippen molar-refractivity contribution in [1.82, 2.24) is 39.9 Å². The summed E-state index contributed by atoms with van der Waals surface area (Å²) in [6, 6.07) is 16.0. The molecular formula is C32H18CuN8. The van der Waals surface area contributed by atoms with Gasteiger partial charge in [-0.15, -0.1) is 0 Å². The molecule has 1 radical (unpaired) electrons. The minimum Gasteiger partial charge on any atom is -0.361 e. The number of allylic oxidation sites excluding steroid dienone is 8. The van der Waals surface area contributed by atoms with Crippen molar-refractivity contribution in [1.29, 1.82) is 0 Å². The van der Waals surface area contributed by atoms with Gasteiger partial charge in [0.2, 0.25) is 0 Å². The van der Waals surface area contributed by atoms with Gasteiger partial charge in [0.25, 0.3) is 0 Å². The summed E-state index contributed by atoms with van der Waals surface area (Å²) >= 11 is 0. The predicted molar refractivity (Wildman–Crippen MR) is 151 cm³/mol. The van der Waals surface area contributed by atoms with Crippen molar-refractivity contribution in [3.8, 4) is 22.8 Å². The first-order valence-electron chi connectivity index (χ1n) is 13.1. The number of nitrogens with zero attached hydrogens (tertiary/aromatic N) is 8. The molecule has 9 rings (SSSR count). The van der Waals surface area contributed by atoms with E-state index in [9.17, 15) is 0 Å². The molecule has 4 aromatic rings. The molecule has 0 fully saturated rings. The Balaban J connectivity index is 0.00000256. The molecule has 8 nitrogen and oxygen atoms in total. The summed E-state index contributed by atoms with van der Waals surface area (Å²) in [4.78, 5) is 39.5. The van der Waals surface area contributed by atoms with Crippen LogP contribution < -0.4 is 20.9 Å². The molecule has 41 heavy (non-hydrogen) atoms. The Morgan fingerprint density at radius 1 is 0.561 bits per heavy atom. The zero-order valence-corrected chi connectivity index (χ0v) is 22.2. The Bertz CT molecular complexity index is 2250. The Kier molecular flexibility index (Phi) is 5.25. The third-order valence-electron chi connectivity index (χ3n) is 7.67. The van der Waals surface area contributed by atoms with Crippen LogP contribution in [0.4, 0.5) is 0 Å². The van der Waals surface area contributed by atoms with Crippen LogP contribution in [0.3, 0.4) is 0 Å². The average molecular weight is 578 g/mol. The van der Waals surface area contributed by atoms with Crippen LogP contribution in [0.15, 0.2) is 97.1 Å². The first-order chi connectivity index (χ1) is 19.8. The third-order valence-corrected chi connectivity index (χ3v) is 7.67. The molecule has 5 heterocycles. The molecule has 2 aromatic heterocycles. The van der Waals surface area contributed by atoms with E-state index < -0.39 is 0 Å². The molecule has 3 aliphatic heterocycles. The molecule has 2 aromatic carbocycles. The van der Waals surface area contributed by atoms with E-state index in [-0.39, 0.29) is 28.9 Å². The van der Waals surface area contributed by atoms with Crippen LogP contribution in [0.1, 0.15) is 23.5 Å². The quantitative estimate of drug-likeness (QED) is 0.258. The third kappa shape index (κ3) is 3.60. The summed E-state index contributed by atoms with van der Waals surface area (Å²) in [6.45, 7) is 0. The molecule has 5 aliphatic rings. The van der Waals surface area contributed by atoms with Crippen LogP contribution in [0, 0.1) is 0 Å². The fraction of sp³-hybridized carbons (Fsp3) is 0.0625. The Hall–Kier alpha value is -4.98. The average Bonchev–Trinajstić information content (AvgIpc) is 3.73. The monoisotopic (exact) mass is 577 g/mol. The van der Waals surface area contributed by atoms with Crippen LogP contribution in [-0.4, -0.2) is 29.9 Å². The molecule has 9 heteroatoms. The summed E-state index contributed by atoms with van der Waals surface area (Å²) in [7, 11) is 0. The molecule has 8 bridgehead atoms. The van der Waals surface area contributed by atoms with E-state index in [4.69, 9.17) is 39.9 Å². The zero-order chi connectivity index (χ0) is 26.2. The van der Waals surface area contributed by atoms with Crippen molar-refractivity contribution in [2.45, 2.75) is 11.8 Å². The molecule has 0 amide bonds. The SMILES string of the molecule is C1=CC2=c3nc(nc4nc(nc5[n-]c(nc6[n-]c(n3)C3C=CC=CC=63)c3ccccc53)-c3ccccc3-4)C2C=C1.[Cu+2]. The van der Waals surface area contributed by atoms with Crippen molar-refractivity contribution in [3.63, 3.8) is 0 Å². The van der Waals surface area contributed by atoms with Gasteiger partial charge in [-0.1, -0.05) is 97.1 Å². The van der Waals surface area contributed by atoms with Crippen LogP contribution in [0.2, 0.25) is 0 Å². The number of benzene rings is 2. The second-order valence-corrected chi connectivity index (χ2v) is 10.00. The smallest absolute Gasteiger partial charge is 0.361 e. The number of fused-ring (bicyclic) bond motifs is 18. The van der Waals surface area contributed by atoms with Crippen molar-refractivity contribution in [2.24, 2.45) is 0 Å². The van der Waals surface area contributed by atoms with Crippen molar-refractivity contribution in [3.05, 3.63) is 120 Å². The number of rotatable bonds is 0. The van der Waals surface area contributed by atoms with Gasteiger partial charge in [0.1, 0.15) is 5.82 Å². The van der Waals surface area contributed by atoms with E-state index in [0.29, 0.717) is 45.6 Å². The second-order valence-electron chi connectivity index (χ2n) is 10.00. The van der Waals surface area contributed by atoms with Gasteiger partial charge in [0, 0.05) is 39.6 Å². The van der Waals surface area contributed by atoms with E-state index >= 15 is 0 Å². The number of hydrogen-bond donors (Lipinski definition) is 0. The van der Waals surface area contributed by atoms with Crippen LogP contribution in [0.25, 0.3) is 56.0 Å². The molecule has 2 unspecified atom stereocenters. The molecule has 0 spiro atoms. The van der Waals surface area contributed by atoms with Gasteiger partial charge in [-0.2, -0.15) is 0 Å². The summed E-state index contributed by atoms with van der Waals surface area (Å²) in [5, 5.41) is 1.81. The summed E-state index contributed by atoms with van der Waals surface area (Å²) in [5.41, 5.74) is 6.13. The van der Waals surface area contributed by atoms with E-state index in [0.717, 1.165) is 33.0 Å². The fourth-order valence-corrected chi connectivity index (χ4v) is 5.76. The zero-order valence-electron chi connectivity index (χ0n) is 21.3. The Labute approximate surface area is 244 Å². The maximum Gasteiger partial charge on any atom is 2.00 e. The van der Waals surface area contributed by atoms with Gasteiger partial charge in [0.15, 0.2) is 5.82 Å². The maximum absolute atomic E-state index is 5.01. The summed E-state index contributed by atoms with van der Waals surface area (Å²) in [5.74, 6) is 2.21. The van der Waals surface area contributed by atoms with E-state index in [1.807, 2.05) is 85.0 Å². The van der Waals surface area contributed by atoms with E-state index in [1.54, 1.807) is 0 Å². The van der Waals surface area contributed by atoms with Gasteiger partial charge in [-0.05, 0) is 21.9 Å². The largest absolute Gasteiger partial charge is 2.00 e. The fourth-order valence-electron chi connectivity index (χ4n) is 5.76. The van der Waals surface area contributed by atoms with Crippen molar-refractivity contribution < 1.29 is 17.1 Å². The first kappa shape index (κ1) is 23.9. The molecule has 0 saturated carbocycles. The molecule has 0 N–H and O–H groups in total. The molecule has 197 valence electrons. The number of hydrogen-bond acceptors (Lipinski definition) is 6. The van der Waals surface area contributed by atoms with Crippen LogP contribution in [-0.2, 0) is 17.1 Å². The van der Waals surface area contributed by atoms with Crippen molar-refractivity contribution in [2.75, 3.05) is 0 Å². The van der Waals surface area contributed by atoms with E-state index in [2.05, 4.69) is 12.2 Å². The van der Waals surface area contributed by atoms with Gasteiger partial charge < -0.3 is 24.9 Å². The summed E-state index contributed by atoms with van der Waals surface area (Å²) < 4.78 is 0. The van der Waals surface area contributed by atoms with Crippen molar-refractivity contribution >= 4 is 33.2 Å². The van der Waals surface area contributed by atoms with E-state index in [1.165, 1.54) is 0 Å². The molecule has 0 saturated heterocycles. The topological polar surface area (TPSA) is 106 Å². The van der Waals surface area contributed by atoms with Gasteiger partial charge in [-0.25, -0.2) is 15.0 Å². The van der Waals surface area contributed by atoms with Gasteiger partial charge in [-0.3, -0.25) is 0 Å². The standard InChI is InChI=1S/C32H18N8.Cu/c1-2-10-18-17(9-1)25-33-26(18)38-28-21-13-5-6-14-22(21)30(35-28)40-32-24-16-8-7-15-23(24)31(36-32)39-29-20-12-4-3-11-19(20)27(34-29)37-25;/h1-17,20H;/q-2;+2. The minimum absolute atomic E-state index is 0. The Morgan fingerprint density at radius 2 is 1.22 bits per heavy atom. The molecule has 2 aliphatic carbocycles. The van der Waals surface area contributed by atoms with Crippen LogP contribution >= 0.6 is 0 Å². The maximum atomic E-state index is 5.01. The van der Waals surface area contributed by atoms with Gasteiger partial charge in [0.05, 0.1) is 17.2 Å². The molecular weight excluding hydrogens is 560 g/mol. The molecule has 2 atom stereocenters. The normalized spacial score (nSPS) is 18.5. The van der Waals surface area contributed by atoms with Gasteiger partial charge >= 0.3 is 17.1 Å². The predicted octanol–water partition coefficient (Wildman–Crippen LogP) is 3.48. The second kappa shape index (κ2) is 9.02. The van der Waals surface area contributed by atoms with Crippen LogP contribution in [0.5, 0.6) is 0 Å². The summed E-state index contributed by atoms with van der Waals surface area (Å²) in [6.07, 6.45) is 16.3. The Morgan fingerprint density at radius 3 is 2.00 bits per heavy atom.